The number of rotatable bonds is 7. The van der Waals surface area contributed by atoms with Crippen molar-refractivity contribution in [1.29, 1.82) is 0 Å². The van der Waals surface area contributed by atoms with Gasteiger partial charge in [-0.1, -0.05) is 100.0 Å². The average molecular weight is 704 g/mol. The fourth-order valence-electron chi connectivity index (χ4n) is 8.19. The van der Waals surface area contributed by atoms with Crippen LogP contribution in [0.5, 0.6) is 0 Å². The SMILES string of the molecule is CC=C1/C(=C\CCl)C(C)(C)/C(=C\C=C2/CCC(=CC=C3N(CC)c4ccc(Cl)cc4C3(C)C)C2=[N+](c2ccccc2)c2ccccc2)N1CC. The monoisotopic (exact) mass is 702 g/mol. The topological polar surface area (TPSA) is 9.49 Å². The minimum atomic E-state index is -0.176. The number of benzene rings is 3. The number of anilines is 1. The zero-order chi connectivity index (χ0) is 35.6. The van der Waals surface area contributed by atoms with E-state index in [2.05, 4.69) is 172 Å². The van der Waals surface area contributed by atoms with E-state index < -0.39 is 0 Å². The van der Waals surface area contributed by atoms with Crippen molar-refractivity contribution < 1.29 is 0 Å². The fourth-order valence-corrected chi connectivity index (χ4v) is 8.52. The largest absolute Gasteiger partial charge is 0.345 e. The van der Waals surface area contributed by atoms with Gasteiger partial charge >= 0.3 is 0 Å². The van der Waals surface area contributed by atoms with Crippen LogP contribution in [0.2, 0.25) is 5.02 Å². The molecule has 258 valence electrons. The summed E-state index contributed by atoms with van der Waals surface area (Å²) in [7, 11) is 0. The van der Waals surface area contributed by atoms with Crippen molar-refractivity contribution in [2.45, 2.75) is 66.7 Å². The Bertz CT molecular complexity index is 1930. The number of likely N-dealkylation sites (N-methyl/N-ethyl adjacent to an activating group) is 2. The minimum Gasteiger partial charge on any atom is -0.345 e. The summed E-state index contributed by atoms with van der Waals surface area (Å²) in [5, 5.41) is 0.781. The smallest absolute Gasteiger partial charge is 0.218 e. The first kappa shape index (κ1) is 35.8. The van der Waals surface area contributed by atoms with Crippen molar-refractivity contribution in [3.63, 3.8) is 0 Å². The van der Waals surface area contributed by atoms with Gasteiger partial charge in [0.05, 0.1) is 0 Å². The molecular weight excluding hydrogens is 653 g/mol. The van der Waals surface area contributed by atoms with Gasteiger partial charge in [-0.25, -0.2) is 0 Å². The Morgan fingerprint density at radius 2 is 1.26 bits per heavy atom. The Hall–Kier alpha value is -4.05. The van der Waals surface area contributed by atoms with E-state index in [-0.39, 0.29) is 10.8 Å². The molecule has 5 heteroatoms. The molecule has 6 rings (SSSR count). The third kappa shape index (κ3) is 6.35. The number of hydrogen-bond acceptors (Lipinski definition) is 2. The third-order valence-electron chi connectivity index (χ3n) is 10.6. The predicted octanol–water partition coefficient (Wildman–Crippen LogP) is 12.3. The fraction of sp³-hybridized carbons (Fsp3) is 0.311. The first-order valence-corrected chi connectivity index (χ1v) is 18.9. The van der Waals surface area contributed by atoms with E-state index in [0.717, 1.165) is 42.3 Å². The summed E-state index contributed by atoms with van der Waals surface area (Å²) >= 11 is 12.8. The molecule has 2 fully saturated rings. The summed E-state index contributed by atoms with van der Waals surface area (Å²) < 4.78 is 2.45. The van der Waals surface area contributed by atoms with Crippen LogP contribution in [0.3, 0.4) is 0 Å². The van der Waals surface area contributed by atoms with Crippen LogP contribution >= 0.6 is 23.2 Å². The zero-order valence-electron chi connectivity index (χ0n) is 30.6. The van der Waals surface area contributed by atoms with Crippen LogP contribution in [0.1, 0.15) is 66.9 Å². The molecule has 0 atom stereocenters. The second-order valence-electron chi connectivity index (χ2n) is 14.2. The van der Waals surface area contributed by atoms with Crippen molar-refractivity contribution >= 4 is 46.0 Å². The Balaban J connectivity index is 1.57. The molecule has 0 aromatic heterocycles. The van der Waals surface area contributed by atoms with Gasteiger partial charge in [-0.15, -0.1) is 11.6 Å². The quantitative estimate of drug-likeness (QED) is 0.179. The number of halogens is 2. The maximum Gasteiger partial charge on any atom is 0.218 e. The third-order valence-corrected chi connectivity index (χ3v) is 11.0. The van der Waals surface area contributed by atoms with E-state index in [9.17, 15) is 0 Å². The number of hydrogen-bond donors (Lipinski definition) is 0. The van der Waals surface area contributed by atoms with Crippen molar-refractivity contribution in [3.05, 3.63) is 160 Å². The minimum absolute atomic E-state index is 0.167. The number of fused-ring (bicyclic) bond motifs is 1. The van der Waals surface area contributed by atoms with Crippen LogP contribution in [0, 0.1) is 5.41 Å². The second-order valence-corrected chi connectivity index (χ2v) is 14.9. The van der Waals surface area contributed by atoms with E-state index in [1.54, 1.807) is 0 Å². The summed E-state index contributed by atoms with van der Waals surface area (Å²) in [6, 6.07) is 27.9. The standard InChI is InChI=1S/C45H50Cl2N3/c1-8-39-37(29-30-46)44(4,5)41(48(39)9-2)27-23-32-21-22-33(43(32)50(35-17-13-11-14-18-35)36-19-15-12-16-20-36)24-28-42-45(6,7)38-31-34(47)25-26-40(38)49(42)10-3/h8,11-20,23-29,31H,9-10,21-22,30H2,1-7H3/q+1/b37-29+,39-8?. The Morgan fingerprint density at radius 3 is 1.76 bits per heavy atom. The van der Waals surface area contributed by atoms with E-state index >= 15 is 0 Å². The van der Waals surface area contributed by atoms with E-state index in [1.165, 1.54) is 50.8 Å². The molecule has 0 spiro atoms. The lowest BCUT2D eigenvalue weighted by Gasteiger charge is -2.26. The first-order chi connectivity index (χ1) is 24.1. The molecule has 3 aromatic carbocycles. The number of alkyl halides is 1. The second kappa shape index (κ2) is 14.7. The summed E-state index contributed by atoms with van der Waals surface area (Å²) in [6.45, 7) is 17.6. The van der Waals surface area contributed by atoms with Gasteiger partial charge in [-0.05, 0) is 75.1 Å². The summed E-state index contributed by atoms with van der Waals surface area (Å²) in [4.78, 5) is 4.89. The van der Waals surface area contributed by atoms with Crippen LogP contribution in [0.4, 0.5) is 17.1 Å². The highest BCUT2D eigenvalue weighted by Gasteiger charge is 2.42. The van der Waals surface area contributed by atoms with Crippen LogP contribution in [-0.2, 0) is 5.41 Å². The van der Waals surface area contributed by atoms with Gasteiger partial charge < -0.3 is 9.80 Å². The van der Waals surface area contributed by atoms with Gasteiger partial charge in [-0.3, -0.25) is 0 Å². The summed E-state index contributed by atoms with van der Waals surface area (Å²) in [5.41, 5.74) is 13.5. The van der Waals surface area contributed by atoms with Gasteiger partial charge in [0.15, 0.2) is 0 Å². The van der Waals surface area contributed by atoms with Crippen molar-refractivity contribution in [2.24, 2.45) is 5.41 Å². The number of para-hydroxylation sites is 2. The molecule has 2 aliphatic heterocycles. The molecule has 1 aliphatic carbocycles. The number of likely N-dealkylation sites (tertiary alicyclic amines) is 1. The first-order valence-electron chi connectivity index (χ1n) is 18.0. The maximum absolute atomic E-state index is 6.52. The van der Waals surface area contributed by atoms with E-state index in [4.69, 9.17) is 23.2 Å². The van der Waals surface area contributed by atoms with Crippen LogP contribution in [0.25, 0.3) is 0 Å². The molecule has 0 radical (unpaired) electrons. The Morgan fingerprint density at radius 1 is 0.720 bits per heavy atom. The van der Waals surface area contributed by atoms with Crippen LogP contribution < -0.4 is 9.48 Å². The molecule has 3 nitrogen and oxygen atoms in total. The maximum atomic E-state index is 6.52. The molecule has 0 unspecified atom stereocenters. The van der Waals surface area contributed by atoms with Crippen LogP contribution in [0.15, 0.2) is 149 Å². The highest BCUT2D eigenvalue weighted by Crippen LogP contribution is 2.51. The highest BCUT2D eigenvalue weighted by molar-refractivity contribution is 6.30. The van der Waals surface area contributed by atoms with E-state index in [1.807, 2.05) is 6.07 Å². The average Bonchev–Trinajstić information content (AvgIpc) is 3.68. The van der Waals surface area contributed by atoms with Gasteiger partial charge in [-0.2, -0.15) is 4.58 Å². The molecule has 2 heterocycles. The molecule has 1 saturated carbocycles. The molecule has 0 bridgehead atoms. The lowest BCUT2D eigenvalue weighted by molar-refractivity contribution is 0.424. The molecule has 0 amide bonds. The number of nitrogens with zero attached hydrogens (tertiary/aromatic N) is 3. The predicted molar refractivity (Wildman–Crippen MR) is 217 cm³/mol. The molecular formula is C45H50Cl2N3+. The van der Waals surface area contributed by atoms with Gasteiger partial charge in [0.1, 0.15) is 0 Å². The lowest BCUT2D eigenvalue weighted by Crippen LogP contribution is -2.25. The van der Waals surface area contributed by atoms with Crippen molar-refractivity contribution in [1.82, 2.24) is 9.48 Å². The van der Waals surface area contributed by atoms with Crippen molar-refractivity contribution in [2.75, 3.05) is 23.9 Å². The van der Waals surface area contributed by atoms with Crippen molar-refractivity contribution in [3.8, 4) is 0 Å². The molecule has 50 heavy (non-hydrogen) atoms. The Kier molecular flexibility index (Phi) is 10.5. The summed E-state index contributed by atoms with van der Waals surface area (Å²) in [5.74, 6) is 0.497. The highest BCUT2D eigenvalue weighted by atomic mass is 35.5. The molecule has 3 aliphatic rings. The van der Waals surface area contributed by atoms with Crippen LogP contribution in [-0.4, -0.2) is 29.6 Å². The van der Waals surface area contributed by atoms with Gasteiger partial charge in [0, 0.05) is 93.0 Å². The molecule has 1 saturated heterocycles. The lowest BCUT2D eigenvalue weighted by atomic mass is 9.83. The van der Waals surface area contributed by atoms with Gasteiger partial charge in [0.2, 0.25) is 17.1 Å². The number of allylic oxidation sites excluding steroid dienone is 11. The van der Waals surface area contributed by atoms with E-state index in [0.29, 0.717) is 5.88 Å². The normalized spacial score (nSPS) is 23.0. The molecule has 3 aromatic rings. The molecule has 0 N–H and O–H groups in total. The zero-order valence-corrected chi connectivity index (χ0v) is 32.1. The summed E-state index contributed by atoms with van der Waals surface area (Å²) in [6.07, 6.45) is 15.8. The Labute approximate surface area is 309 Å². The van der Waals surface area contributed by atoms with Gasteiger partial charge in [0.25, 0.3) is 0 Å².